The van der Waals surface area contributed by atoms with Crippen LogP contribution in [0.25, 0.3) is 0 Å². The summed E-state index contributed by atoms with van der Waals surface area (Å²) >= 11 is 0. The summed E-state index contributed by atoms with van der Waals surface area (Å²) in [5.41, 5.74) is 3.19. The van der Waals surface area contributed by atoms with Gasteiger partial charge in [0.1, 0.15) is 11.5 Å². The van der Waals surface area contributed by atoms with Crippen molar-refractivity contribution in [3.63, 3.8) is 0 Å². The fraction of sp³-hybridized carbons (Fsp3) is 0.312. The summed E-state index contributed by atoms with van der Waals surface area (Å²) in [6.07, 6.45) is 12.9. The van der Waals surface area contributed by atoms with Crippen LogP contribution >= 0.6 is 0 Å². The van der Waals surface area contributed by atoms with Gasteiger partial charge in [-0.25, -0.2) is 0 Å². The van der Waals surface area contributed by atoms with E-state index in [1.165, 1.54) is 11.1 Å². The Morgan fingerprint density at radius 3 is 3.26 bits per heavy atom. The van der Waals surface area contributed by atoms with Crippen molar-refractivity contribution in [3.05, 3.63) is 58.7 Å². The quantitative estimate of drug-likeness (QED) is 0.721. The number of hydrogen-bond acceptors (Lipinski definition) is 3. The molecule has 0 bridgehead atoms. The lowest BCUT2D eigenvalue weighted by Crippen LogP contribution is -2.27. The van der Waals surface area contributed by atoms with Gasteiger partial charge in [-0.05, 0) is 36.6 Å². The van der Waals surface area contributed by atoms with Crippen LogP contribution in [0.3, 0.4) is 0 Å². The van der Waals surface area contributed by atoms with E-state index in [0.717, 1.165) is 23.5 Å². The molecule has 4 rings (SSSR count). The lowest BCUT2D eigenvalue weighted by molar-refractivity contribution is 0.187. The summed E-state index contributed by atoms with van der Waals surface area (Å²) < 4.78 is 6.06. The zero-order valence-electron chi connectivity index (χ0n) is 10.8. The minimum absolute atomic E-state index is 0.202. The topological polar surface area (TPSA) is 41.8 Å². The van der Waals surface area contributed by atoms with Crippen LogP contribution in [-0.2, 0) is 4.74 Å². The normalized spacial score (nSPS) is 34.8. The Kier molecular flexibility index (Phi) is 2.07. The van der Waals surface area contributed by atoms with Crippen molar-refractivity contribution in [2.75, 3.05) is 0 Å². The Hall–Kier alpha value is -1.87. The van der Waals surface area contributed by atoms with Crippen LogP contribution in [0.5, 0.6) is 0 Å². The van der Waals surface area contributed by atoms with E-state index in [0.29, 0.717) is 6.42 Å². The second-order valence-electron chi connectivity index (χ2n) is 5.45. The molecule has 1 spiro atoms. The minimum Gasteiger partial charge on any atom is -0.464 e. The molecule has 96 valence electrons. The van der Waals surface area contributed by atoms with Crippen molar-refractivity contribution in [1.29, 1.82) is 0 Å². The molecular formula is C16H15NO2. The van der Waals surface area contributed by atoms with Crippen LogP contribution in [0, 0.1) is 5.41 Å². The Labute approximate surface area is 112 Å². The molecule has 0 radical (unpaired) electrons. The average molecular weight is 253 g/mol. The number of hydrogen-bond donors (Lipinski definition) is 1. The Morgan fingerprint density at radius 1 is 1.47 bits per heavy atom. The fourth-order valence-electron chi connectivity index (χ4n) is 3.50. The standard InChI is InChI=1S/C16H15NO2/c1-10-8-17-9-11-6-12(18)7-13-15(11)16(10)5-3-2-4-14(16)19-13/h2-4,6,8-9,12,18H,5,7H2,1H3. The highest BCUT2D eigenvalue weighted by atomic mass is 16.5. The van der Waals surface area contributed by atoms with E-state index in [1.54, 1.807) is 0 Å². The van der Waals surface area contributed by atoms with Gasteiger partial charge in [0, 0.05) is 24.4 Å². The highest BCUT2D eigenvalue weighted by Gasteiger charge is 2.51. The number of aliphatic hydroxyl groups excluding tert-OH is 1. The van der Waals surface area contributed by atoms with Crippen LogP contribution in [0.1, 0.15) is 19.8 Å². The van der Waals surface area contributed by atoms with Gasteiger partial charge in [-0.15, -0.1) is 0 Å². The Morgan fingerprint density at radius 2 is 2.37 bits per heavy atom. The van der Waals surface area contributed by atoms with Crippen molar-refractivity contribution in [1.82, 2.24) is 0 Å². The van der Waals surface area contributed by atoms with Gasteiger partial charge in [0.25, 0.3) is 0 Å². The van der Waals surface area contributed by atoms with Gasteiger partial charge in [-0.3, -0.25) is 4.99 Å². The lowest BCUT2D eigenvalue weighted by Gasteiger charge is -2.33. The molecule has 19 heavy (non-hydrogen) atoms. The van der Waals surface area contributed by atoms with Gasteiger partial charge in [-0.2, -0.15) is 0 Å². The summed E-state index contributed by atoms with van der Waals surface area (Å²) in [7, 11) is 0. The summed E-state index contributed by atoms with van der Waals surface area (Å²) in [6.45, 7) is 2.11. The summed E-state index contributed by atoms with van der Waals surface area (Å²) in [6, 6.07) is 0. The Balaban J connectivity index is 2.01. The fourth-order valence-corrected chi connectivity index (χ4v) is 3.50. The van der Waals surface area contributed by atoms with Crippen LogP contribution < -0.4 is 0 Å². The number of ether oxygens (including phenoxy) is 1. The van der Waals surface area contributed by atoms with E-state index < -0.39 is 6.10 Å². The van der Waals surface area contributed by atoms with Crippen molar-refractivity contribution in [2.24, 2.45) is 10.4 Å². The van der Waals surface area contributed by atoms with Gasteiger partial charge in [-0.1, -0.05) is 12.2 Å². The SMILES string of the molecule is CC1=CN=CC2=CC(O)CC3=C2C12CC=CC=C2O3. The molecule has 2 aliphatic carbocycles. The number of rotatable bonds is 0. The first kappa shape index (κ1) is 11.0. The predicted octanol–water partition coefficient (Wildman–Crippen LogP) is 2.78. The van der Waals surface area contributed by atoms with Crippen LogP contribution in [0.2, 0.25) is 0 Å². The molecule has 0 saturated heterocycles. The largest absolute Gasteiger partial charge is 0.464 e. The molecular weight excluding hydrogens is 238 g/mol. The molecule has 2 unspecified atom stereocenters. The maximum Gasteiger partial charge on any atom is 0.119 e. The third kappa shape index (κ3) is 1.28. The molecule has 0 amide bonds. The monoisotopic (exact) mass is 253 g/mol. The molecule has 0 aromatic rings. The van der Waals surface area contributed by atoms with E-state index in [4.69, 9.17) is 4.74 Å². The molecule has 3 nitrogen and oxygen atoms in total. The van der Waals surface area contributed by atoms with E-state index in [-0.39, 0.29) is 5.41 Å². The molecule has 2 aliphatic heterocycles. The number of allylic oxidation sites excluding steroid dienone is 5. The summed E-state index contributed by atoms with van der Waals surface area (Å²) in [5, 5.41) is 9.95. The van der Waals surface area contributed by atoms with Gasteiger partial charge >= 0.3 is 0 Å². The van der Waals surface area contributed by atoms with Crippen molar-refractivity contribution in [3.8, 4) is 0 Å². The molecule has 2 atom stereocenters. The molecule has 0 aromatic carbocycles. The van der Waals surface area contributed by atoms with Gasteiger partial charge in [0.2, 0.25) is 0 Å². The molecule has 2 heterocycles. The maximum absolute atomic E-state index is 9.95. The van der Waals surface area contributed by atoms with E-state index in [1.807, 2.05) is 30.6 Å². The van der Waals surface area contributed by atoms with Crippen LogP contribution in [0.15, 0.2) is 63.7 Å². The van der Waals surface area contributed by atoms with E-state index >= 15 is 0 Å². The summed E-state index contributed by atoms with van der Waals surface area (Å²) in [5.74, 6) is 1.88. The van der Waals surface area contributed by atoms with Gasteiger partial charge < -0.3 is 9.84 Å². The summed E-state index contributed by atoms with van der Waals surface area (Å²) in [4.78, 5) is 4.37. The molecule has 0 saturated carbocycles. The smallest absolute Gasteiger partial charge is 0.119 e. The van der Waals surface area contributed by atoms with Crippen LogP contribution in [-0.4, -0.2) is 17.4 Å². The van der Waals surface area contributed by atoms with Gasteiger partial charge in [0.05, 0.1) is 11.5 Å². The second-order valence-corrected chi connectivity index (χ2v) is 5.45. The van der Waals surface area contributed by atoms with Crippen molar-refractivity contribution >= 4 is 6.21 Å². The number of aliphatic hydroxyl groups is 1. The highest BCUT2D eigenvalue weighted by molar-refractivity contribution is 5.89. The third-order valence-corrected chi connectivity index (χ3v) is 4.38. The zero-order valence-corrected chi connectivity index (χ0v) is 10.8. The third-order valence-electron chi connectivity index (χ3n) is 4.38. The molecule has 0 fully saturated rings. The molecule has 3 heteroatoms. The highest BCUT2D eigenvalue weighted by Crippen LogP contribution is 2.58. The zero-order chi connectivity index (χ0) is 13.0. The van der Waals surface area contributed by atoms with E-state index in [9.17, 15) is 5.11 Å². The Bertz CT molecular complexity index is 646. The second kappa shape index (κ2) is 3.58. The predicted molar refractivity (Wildman–Crippen MR) is 73.3 cm³/mol. The van der Waals surface area contributed by atoms with Crippen molar-refractivity contribution in [2.45, 2.75) is 25.9 Å². The lowest BCUT2D eigenvalue weighted by atomic mass is 9.67. The first-order valence-corrected chi connectivity index (χ1v) is 6.61. The van der Waals surface area contributed by atoms with Gasteiger partial charge in [0.15, 0.2) is 0 Å². The first-order valence-electron chi connectivity index (χ1n) is 6.61. The average Bonchev–Trinajstić information content (AvgIpc) is 2.66. The van der Waals surface area contributed by atoms with E-state index in [2.05, 4.69) is 18.0 Å². The maximum atomic E-state index is 9.95. The van der Waals surface area contributed by atoms with Crippen LogP contribution in [0.4, 0.5) is 0 Å². The minimum atomic E-state index is -0.482. The molecule has 1 N–H and O–H groups in total. The van der Waals surface area contributed by atoms with Crippen molar-refractivity contribution < 1.29 is 9.84 Å². The number of aliphatic imine (C=N–C) groups is 1. The first-order chi connectivity index (χ1) is 9.22. The molecule has 4 aliphatic rings. The number of nitrogens with zero attached hydrogens (tertiary/aromatic N) is 1. The molecule has 0 aromatic heterocycles.